The van der Waals surface area contributed by atoms with Crippen LogP contribution in [0.2, 0.25) is 0 Å². The molecular weight excluding hydrogens is 178 g/mol. The highest BCUT2D eigenvalue weighted by Gasteiger charge is 2.00. The van der Waals surface area contributed by atoms with Gasteiger partial charge in [-0.25, -0.2) is 0 Å². The Kier molecular flexibility index (Phi) is 7.20. The molecule has 0 aromatic heterocycles. The number of nitrogens with two attached hydrogens (primary N) is 1. The van der Waals surface area contributed by atoms with Crippen molar-refractivity contribution in [2.24, 2.45) is 10.7 Å². The third-order valence-corrected chi connectivity index (χ3v) is 1.90. The van der Waals surface area contributed by atoms with E-state index in [9.17, 15) is 0 Å². The van der Waals surface area contributed by atoms with Crippen LogP contribution >= 0.6 is 0 Å². The van der Waals surface area contributed by atoms with Gasteiger partial charge in [0.2, 0.25) is 0 Å². The van der Waals surface area contributed by atoms with Crippen LogP contribution in [0.1, 0.15) is 27.7 Å². The summed E-state index contributed by atoms with van der Waals surface area (Å²) in [7, 11) is 0. The number of ether oxygens (including phenoxy) is 1. The molecular formula is C10H23N3O. The summed E-state index contributed by atoms with van der Waals surface area (Å²) in [5.41, 5.74) is 5.78. The van der Waals surface area contributed by atoms with Crippen molar-refractivity contribution in [2.75, 3.05) is 26.2 Å². The molecule has 0 amide bonds. The summed E-state index contributed by atoms with van der Waals surface area (Å²) >= 11 is 0. The summed E-state index contributed by atoms with van der Waals surface area (Å²) in [6.07, 6.45) is 0.264. The molecule has 0 saturated carbocycles. The number of nitrogens with zero attached hydrogens (tertiary/aromatic N) is 2. The van der Waals surface area contributed by atoms with Crippen molar-refractivity contribution in [3.63, 3.8) is 0 Å². The van der Waals surface area contributed by atoms with E-state index in [4.69, 9.17) is 10.5 Å². The van der Waals surface area contributed by atoms with Crippen LogP contribution in [0.3, 0.4) is 0 Å². The van der Waals surface area contributed by atoms with Gasteiger partial charge in [-0.05, 0) is 27.7 Å². The SMILES string of the molecule is CCN(CC)C(N)=NCCOC(C)C. The Morgan fingerprint density at radius 1 is 1.36 bits per heavy atom. The first-order valence-corrected chi connectivity index (χ1v) is 5.28. The molecule has 0 aliphatic rings. The average Bonchev–Trinajstić information content (AvgIpc) is 2.14. The van der Waals surface area contributed by atoms with Gasteiger partial charge in [-0.15, -0.1) is 0 Å². The largest absolute Gasteiger partial charge is 0.377 e. The van der Waals surface area contributed by atoms with Crippen molar-refractivity contribution in [1.29, 1.82) is 0 Å². The Morgan fingerprint density at radius 2 is 1.93 bits per heavy atom. The summed E-state index contributed by atoms with van der Waals surface area (Å²) in [6, 6.07) is 0. The van der Waals surface area contributed by atoms with Gasteiger partial charge in [0.15, 0.2) is 5.96 Å². The van der Waals surface area contributed by atoms with Gasteiger partial charge in [0, 0.05) is 13.1 Å². The van der Waals surface area contributed by atoms with Gasteiger partial charge in [-0.3, -0.25) is 4.99 Å². The second-order valence-electron chi connectivity index (χ2n) is 3.33. The lowest BCUT2D eigenvalue weighted by atomic mass is 10.5. The van der Waals surface area contributed by atoms with Gasteiger partial charge < -0.3 is 15.4 Å². The van der Waals surface area contributed by atoms with Gasteiger partial charge in [-0.2, -0.15) is 0 Å². The standard InChI is InChI=1S/C10H23N3O/c1-5-13(6-2)10(11)12-7-8-14-9(3)4/h9H,5-8H2,1-4H3,(H2,11,12). The van der Waals surface area contributed by atoms with Crippen LogP contribution < -0.4 is 5.73 Å². The van der Waals surface area contributed by atoms with E-state index in [2.05, 4.69) is 18.8 Å². The molecule has 0 aromatic carbocycles. The van der Waals surface area contributed by atoms with E-state index < -0.39 is 0 Å². The molecule has 14 heavy (non-hydrogen) atoms. The fourth-order valence-corrected chi connectivity index (χ4v) is 1.10. The van der Waals surface area contributed by atoms with Crippen LogP contribution in [0.4, 0.5) is 0 Å². The van der Waals surface area contributed by atoms with Gasteiger partial charge in [0.1, 0.15) is 0 Å². The normalized spacial score (nSPS) is 12.2. The van der Waals surface area contributed by atoms with Crippen molar-refractivity contribution in [3.05, 3.63) is 0 Å². The van der Waals surface area contributed by atoms with Crippen molar-refractivity contribution in [3.8, 4) is 0 Å². The molecule has 4 nitrogen and oxygen atoms in total. The molecule has 0 aliphatic heterocycles. The summed E-state index contributed by atoms with van der Waals surface area (Å²) in [4.78, 5) is 6.26. The quantitative estimate of drug-likeness (QED) is 0.397. The summed E-state index contributed by atoms with van der Waals surface area (Å²) in [5, 5.41) is 0. The molecule has 0 saturated heterocycles. The molecule has 0 radical (unpaired) electrons. The van der Waals surface area contributed by atoms with Crippen molar-refractivity contribution >= 4 is 5.96 Å². The van der Waals surface area contributed by atoms with Crippen molar-refractivity contribution < 1.29 is 4.74 Å². The molecule has 0 spiro atoms. The summed E-state index contributed by atoms with van der Waals surface area (Å²) in [6.45, 7) is 11.2. The van der Waals surface area contributed by atoms with E-state index in [0.29, 0.717) is 19.1 Å². The van der Waals surface area contributed by atoms with Gasteiger partial charge in [0.05, 0.1) is 19.3 Å². The minimum atomic E-state index is 0.264. The molecule has 84 valence electrons. The molecule has 0 unspecified atom stereocenters. The maximum atomic E-state index is 5.78. The number of aliphatic imine (C=N–C) groups is 1. The zero-order valence-electron chi connectivity index (χ0n) is 9.79. The molecule has 0 rings (SSSR count). The fourth-order valence-electron chi connectivity index (χ4n) is 1.10. The Bertz CT molecular complexity index is 165. The molecule has 4 heteroatoms. The average molecular weight is 201 g/mol. The van der Waals surface area contributed by atoms with Crippen molar-refractivity contribution in [1.82, 2.24) is 4.90 Å². The Morgan fingerprint density at radius 3 is 2.36 bits per heavy atom. The van der Waals surface area contributed by atoms with E-state index in [1.54, 1.807) is 0 Å². The Hall–Kier alpha value is -0.770. The lowest BCUT2D eigenvalue weighted by Gasteiger charge is -2.19. The van der Waals surface area contributed by atoms with E-state index >= 15 is 0 Å². The smallest absolute Gasteiger partial charge is 0.191 e. The number of hydrogen-bond donors (Lipinski definition) is 1. The molecule has 0 aromatic rings. The Labute approximate surface area is 87.1 Å². The topological polar surface area (TPSA) is 50.8 Å². The zero-order chi connectivity index (χ0) is 11.0. The van der Waals surface area contributed by atoms with Crippen LogP contribution in [0, 0.1) is 0 Å². The van der Waals surface area contributed by atoms with Gasteiger partial charge >= 0.3 is 0 Å². The molecule has 2 N–H and O–H groups in total. The van der Waals surface area contributed by atoms with Crippen LogP contribution in [0.5, 0.6) is 0 Å². The zero-order valence-corrected chi connectivity index (χ0v) is 9.79. The number of hydrogen-bond acceptors (Lipinski definition) is 2. The maximum Gasteiger partial charge on any atom is 0.191 e. The highest BCUT2D eigenvalue weighted by molar-refractivity contribution is 5.77. The number of guanidine groups is 1. The monoisotopic (exact) mass is 201 g/mol. The van der Waals surface area contributed by atoms with Crippen LogP contribution in [0.25, 0.3) is 0 Å². The highest BCUT2D eigenvalue weighted by atomic mass is 16.5. The van der Waals surface area contributed by atoms with E-state index in [0.717, 1.165) is 13.1 Å². The second kappa shape index (κ2) is 7.62. The maximum absolute atomic E-state index is 5.78. The van der Waals surface area contributed by atoms with Crippen LogP contribution in [0.15, 0.2) is 4.99 Å². The molecule has 0 fully saturated rings. The minimum absolute atomic E-state index is 0.264. The first-order chi connectivity index (χ1) is 6.61. The Balaban J connectivity index is 3.75. The minimum Gasteiger partial charge on any atom is -0.377 e. The molecule has 0 heterocycles. The number of rotatable bonds is 6. The van der Waals surface area contributed by atoms with Crippen LogP contribution in [-0.4, -0.2) is 43.2 Å². The third-order valence-electron chi connectivity index (χ3n) is 1.90. The highest BCUT2D eigenvalue weighted by Crippen LogP contribution is 1.89. The fraction of sp³-hybridized carbons (Fsp3) is 0.900. The van der Waals surface area contributed by atoms with E-state index in [1.165, 1.54) is 0 Å². The predicted molar refractivity (Wildman–Crippen MR) is 60.5 cm³/mol. The molecule has 0 atom stereocenters. The predicted octanol–water partition coefficient (Wildman–Crippen LogP) is 1.07. The van der Waals surface area contributed by atoms with E-state index in [1.807, 2.05) is 18.7 Å². The third kappa shape index (κ3) is 5.80. The first kappa shape index (κ1) is 13.2. The molecule has 0 bridgehead atoms. The van der Waals surface area contributed by atoms with Gasteiger partial charge in [0.25, 0.3) is 0 Å². The second-order valence-corrected chi connectivity index (χ2v) is 3.33. The lowest BCUT2D eigenvalue weighted by molar-refractivity contribution is 0.0852. The first-order valence-electron chi connectivity index (χ1n) is 5.28. The van der Waals surface area contributed by atoms with Gasteiger partial charge in [-0.1, -0.05) is 0 Å². The lowest BCUT2D eigenvalue weighted by Crippen LogP contribution is -2.37. The molecule has 0 aliphatic carbocycles. The van der Waals surface area contributed by atoms with Crippen molar-refractivity contribution in [2.45, 2.75) is 33.8 Å². The summed E-state index contributed by atoms with van der Waals surface area (Å²) in [5.74, 6) is 0.613. The van der Waals surface area contributed by atoms with Crippen LogP contribution in [-0.2, 0) is 4.74 Å². The summed E-state index contributed by atoms with van der Waals surface area (Å²) < 4.78 is 5.36. The van der Waals surface area contributed by atoms with E-state index in [-0.39, 0.29) is 6.10 Å².